The number of hydrogen-bond acceptors (Lipinski definition) is 4. The van der Waals surface area contributed by atoms with Crippen LogP contribution in [0.5, 0.6) is 0 Å². The quantitative estimate of drug-likeness (QED) is 0.807. The molecule has 2 aliphatic heterocycles. The van der Waals surface area contributed by atoms with Crippen LogP contribution in [0.1, 0.15) is 42.5 Å². The van der Waals surface area contributed by atoms with Gasteiger partial charge in [-0.2, -0.15) is 5.06 Å². The summed E-state index contributed by atoms with van der Waals surface area (Å²) < 4.78 is 0. The van der Waals surface area contributed by atoms with Crippen molar-refractivity contribution in [2.24, 2.45) is 5.92 Å². The Labute approximate surface area is 165 Å². The zero-order chi connectivity index (χ0) is 19.1. The summed E-state index contributed by atoms with van der Waals surface area (Å²) in [6, 6.07) is 7.03. The number of piperidine rings is 1. The smallest absolute Gasteiger partial charge is 0.252 e. The van der Waals surface area contributed by atoms with Crippen LogP contribution in [0.25, 0.3) is 0 Å². The van der Waals surface area contributed by atoms with Crippen molar-refractivity contribution in [3.8, 4) is 0 Å². The lowest BCUT2D eigenvalue weighted by molar-refractivity contribution is -0.182. The molecule has 148 valence electrons. The molecular formula is C20H28ClN3O3. The molecule has 2 heterocycles. The minimum Gasteiger partial charge on any atom is -0.352 e. The second kappa shape index (κ2) is 10.1. The van der Waals surface area contributed by atoms with Crippen molar-refractivity contribution in [3.05, 3.63) is 34.9 Å². The first-order valence-corrected chi connectivity index (χ1v) is 10.2. The molecule has 0 radical (unpaired) electrons. The molecule has 2 aliphatic rings. The standard InChI is InChI=1S/C20H28ClN3O3/c21-18-8-2-1-7-17(18)20(26)22-14-16-6-5-10-23(15-16)19(25)9-12-24-11-3-4-13-27-24/h1-2,7-8,16H,3-6,9-15H2,(H,22,26). The molecule has 2 amide bonds. The molecular weight excluding hydrogens is 366 g/mol. The van der Waals surface area contributed by atoms with E-state index >= 15 is 0 Å². The topological polar surface area (TPSA) is 61.9 Å². The van der Waals surface area contributed by atoms with Crippen LogP contribution >= 0.6 is 11.6 Å². The number of nitrogens with zero attached hydrogens (tertiary/aromatic N) is 2. The molecule has 1 N–H and O–H groups in total. The van der Waals surface area contributed by atoms with Crippen LogP contribution in [-0.2, 0) is 9.63 Å². The van der Waals surface area contributed by atoms with E-state index in [1.807, 2.05) is 9.96 Å². The lowest BCUT2D eigenvalue weighted by Gasteiger charge is -2.33. The molecule has 1 unspecified atom stereocenters. The fraction of sp³-hybridized carbons (Fsp3) is 0.600. The number of benzene rings is 1. The van der Waals surface area contributed by atoms with Crippen molar-refractivity contribution in [3.63, 3.8) is 0 Å². The summed E-state index contributed by atoms with van der Waals surface area (Å²) in [4.78, 5) is 32.3. The summed E-state index contributed by atoms with van der Waals surface area (Å²) in [5.74, 6) is 0.290. The van der Waals surface area contributed by atoms with Crippen LogP contribution in [0, 0.1) is 5.92 Å². The number of amides is 2. The largest absolute Gasteiger partial charge is 0.352 e. The van der Waals surface area contributed by atoms with Gasteiger partial charge in [0.1, 0.15) is 0 Å². The minimum absolute atomic E-state index is 0.161. The zero-order valence-corrected chi connectivity index (χ0v) is 16.4. The SMILES string of the molecule is O=C(NCC1CCCN(C(=O)CCN2CCCCO2)C1)c1ccccc1Cl. The fourth-order valence-corrected chi connectivity index (χ4v) is 3.86. The molecule has 0 aliphatic carbocycles. The van der Waals surface area contributed by atoms with Crippen molar-refractivity contribution in [2.45, 2.75) is 32.1 Å². The number of carbonyl (C=O) groups excluding carboxylic acids is 2. The second-order valence-corrected chi connectivity index (χ2v) is 7.66. The first-order valence-electron chi connectivity index (χ1n) is 9.82. The van der Waals surface area contributed by atoms with Gasteiger partial charge in [-0.1, -0.05) is 23.7 Å². The minimum atomic E-state index is -0.161. The number of rotatable bonds is 6. The maximum atomic E-state index is 12.5. The highest BCUT2D eigenvalue weighted by Gasteiger charge is 2.25. The van der Waals surface area contributed by atoms with Gasteiger partial charge in [-0.05, 0) is 43.7 Å². The van der Waals surface area contributed by atoms with Gasteiger partial charge in [0.15, 0.2) is 0 Å². The predicted octanol–water partition coefficient (Wildman–Crippen LogP) is 2.73. The van der Waals surface area contributed by atoms with E-state index in [0.29, 0.717) is 36.6 Å². The van der Waals surface area contributed by atoms with Crippen LogP contribution in [0.3, 0.4) is 0 Å². The maximum Gasteiger partial charge on any atom is 0.252 e. The molecule has 0 aromatic heterocycles. The maximum absolute atomic E-state index is 12.5. The molecule has 7 heteroatoms. The summed E-state index contributed by atoms with van der Waals surface area (Å²) in [7, 11) is 0. The first-order chi connectivity index (χ1) is 13.1. The van der Waals surface area contributed by atoms with Gasteiger partial charge in [0.2, 0.25) is 5.91 Å². The molecule has 0 saturated carbocycles. The molecule has 3 rings (SSSR count). The van der Waals surface area contributed by atoms with Crippen molar-refractivity contribution < 1.29 is 14.4 Å². The van der Waals surface area contributed by atoms with E-state index in [4.69, 9.17) is 16.4 Å². The number of nitrogens with one attached hydrogen (secondary N) is 1. The van der Waals surface area contributed by atoms with Gasteiger partial charge in [0.25, 0.3) is 5.91 Å². The molecule has 1 aromatic rings. The Morgan fingerprint density at radius 1 is 1.19 bits per heavy atom. The van der Waals surface area contributed by atoms with Gasteiger partial charge in [-0.25, -0.2) is 0 Å². The van der Waals surface area contributed by atoms with Gasteiger partial charge < -0.3 is 10.2 Å². The third-order valence-electron chi connectivity index (χ3n) is 5.19. The fourth-order valence-electron chi connectivity index (χ4n) is 3.64. The molecule has 0 spiro atoms. The van der Waals surface area contributed by atoms with Gasteiger partial charge in [-0.3, -0.25) is 14.4 Å². The molecule has 6 nitrogen and oxygen atoms in total. The highest BCUT2D eigenvalue weighted by atomic mass is 35.5. The highest BCUT2D eigenvalue weighted by Crippen LogP contribution is 2.18. The summed E-state index contributed by atoms with van der Waals surface area (Å²) in [5, 5.41) is 5.33. The third-order valence-corrected chi connectivity index (χ3v) is 5.52. The molecule has 2 fully saturated rings. The Morgan fingerprint density at radius 2 is 2.04 bits per heavy atom. The van der Waals surface area contributed by atoms with Gasteiger partial charge in [0, 0.05) is 39.1 Å². The zero-order valence-electron chi connectivity index (χ0n) is 15.7. The molecule has 1 aromatic carbocycles. The number of hydrogen-bond donors (Lipinski definition) is 1. The molecule has 1 atom stereocenters. The Morgan fingerprint density at radius 3 is 2.81 bits per heavy atom. The van der Waals surface area contributed by atoms with E-state index in [1.165, 1.54) is 0 Å². The number of carbonyl (C=O) groups is 2. The predicted molar refractivity (Wildman–Crippen MR) is 104 cm³/mol. The summed E-state index contributed by atoms with van der Waals surface area (Å²) in [5.41, 5.74) is 0.490. The average Bonchev–Trinajstić information content (AvgIpc) is 2.71. The Balaban J connectivity index is 1.42. The Bertz CT molecular complexity index is 649. The van der Waals surface area contributed by atoms with Crippen LogP contribution in [0.4, 0.5) is 0 Å². The molecule has 27 heavy (non-hydrogen) atoms. The third kappa shape index (κ3) is 5.92. The molecule has 0 bridgehead atoms. The highest BCUT2D eigenvalue weighted by molar-refractivity contribution is 6.33. The first kappa shape index (κ1) is 20.1. The average molecular weight is 394 g/mol. The van der Waals surface area contributed by atoms with Gasteiger partial charge in [-0.15, -0.1) is 0 Å². The van der Waals surface area contributed by atoms with Gasteiger partial charge >= 0.3 is 0 Å². The van der Waals surface area contributed by atoms with E-state index in [9.17, 15) is 9.59 Å². The van der Waals surface area contributed by atoms with Crippen LogP contribution in [-0.4, -0.2) is 61.1 Å². The summed E-state index contributed by atoms with van der Waals surface area (Å²) in [6.07, 6.45) is 4.70. The Kier molecular flexibility index (Phi) is 7.50. The number of likely N-dealkylation sites (tertiary alicyclic amines) is 1. The van der Waals surface area contributed by atoms with E-state index in [-0.39, 0.29) is 17.7 Å². The van der Waals surface area contributed by atoms with Crippen molar-refractivity contribution >= 4 is 23.4 Å². The Hall–Kier alpha value is -1.63. The monoisotopic (exact) mass is 393 g/mol. The van der Waals surface area contributed by atoms with E-state index in [1.54, 1.807) is 24.3 Å². The molecule has 2 saturated heterocycles. The van der Waals surface area contributed by atoms with E-state index < -0.39 is 0 Å². The van der Waals surface area contributed by atoms with Crippen LogP contribution < -0.4 is 5.32 Å². The van der Waals surface area contributed by atoms with E-state index in [0.717, 1.165) is 45.4 Å². The second-order valence-electron chi connectivity index (χ2n) is 7.26. The van der Waals surface area contributed by atoms with E-state index in [2.05, 4.69) is 5.32 Å². The summed E-state index contributed by atoms with van der Waals surface area (Å²) >= 11 is 6.08. The number of hydroxylamine groups is 2. The lowest BCUT2D eigenvalue weighted by Crippen LogP contribution is -2.44. The van der Waals surface area contributed by atoms with Gasteiger partial charge in [0.05, 0.1) is 17.2 Å². The summed E-state index contributed by atoms with van der Waals surface area (Å²) in [6.45, 7) is 4.37. The van der Waals surface area contributed by atoms with Crippen LogP contribution in [0.15, 0.2) is 24.3 Å². The van der Waals surface area contributed by atoms with Crippen molar-refractivity contribution in [1.82, 2.24) is 15.3 Å². The normalized spacial score (nSPS) is 21.1. The lowest BCUT2D eigenvalue weighted by atomic mass is 9.97. The van der Waals surface area contributed by atoms with Crippen molar-refractivity contribution in [1.29, 1.82) is 0 Å². The van der Waals surface area contributed by atoms with Crippen molar-refractivity contribution in [2.75, 3.05) is 39.3 Å². The van der Waals surface area contributed by atoms with Crippen LogP contribution in [0.2, 0.25) is 5.02 Å². The number of halogens is 1.